The zero-order valence-corrected chi connectivity index (χ0v) is 11.4. The summed E-state index contributed by atoms with van der Waals surface area (Å²) in [6.45, 7) is 4.84. The molecule has 2 rings (SSSR count). The van der Waals surface area contributed by atoms with Crippen molar-refractivity contribution in [3.05, 3.63) is 23.0 Å². The molecule has 1 aliphatic heterocycles. The molecule has 1 aromatic rings. The summed E-state index contributed by atoms with van der Waals surface area (Å²) in [5, 5.41) is 4.09. The van der Waals surface area contributed by atoms with Crippen molar-refractivity contribution in [2.75, 3.05) is 25.0 Å². The van der Waals surface area contributed by atoms with Crippen molar-refractivity contribution in [2.24, 2.45) is 0 Å². The van der Waals surface area contributed by atoms with Crippen LogP contribution in [-0.2, 0) is 0 Å². The summed E-state index contributed by atoms with van der Waals surface area (Å²) in [6, 6.07) is 2.55. The van der Waals surface area contributed by atoms with E-state index >= 15 is 0 Å². The Morgan fingerprint density at radius 1 is 1.56 bits per heavy atom. The van der Waals surface area contributed by atoms with E-state index in [2.05, 4.69) is 21.1 Å². The number of pyridine rings is 1. The molecule has 1 saturated heterocycles. The first-order chi connectivity index (χ1) is 8.69. The van der Waals surface area contributed by atoms with Gasteiger partial charge in [0.1, 0.15) is 5.15 Å². The van der Waals surface area contributed by atoms with Gasteiger partial charge in [-0.2, -0.15) is 0 Å². The van der Waals surface area contributed by atoms with Crippen molar-refractivity contribution in [3.63, 3.8) is 0 Å². The lowest BCUT2D eigenvalue weighted by Crippen LogP contribution is -2.39. The second kappa shape index (κ2) is 6.08. The number of nitrogens with one attached hydrogen (secondary N) is 1. The summed E-state index contributed by atoms with van der Waals surface area (Å²) >= 11 is 5.91. The van der Waals surface area contributed by atoms with Gasteiger partial charge in [0.25, 0.3) is 0 Å². The third-order valence-electron chi connectivity index (χ3n) is 3.29. The summed E-state index contributed by atoms with van der Waals surface area (Å²) in [6.07, 6.45) is 9.34. The highest BCUT2D eigenvalue weighted by molar-refractivity contribution is 6.30. The Bertz CT molecular complexity index is 445. The average molecular weight is 264 g/mol. The molecular weight excluding hydrogens is 246 g/mol. The van der Waals surface area contributed by atoms with Gasteiger partial charge in [0, 0.05) is 19.1 Å². The van der Waals surface area contributed by atoms with Crippen molar-refractivity contribution >= 4 is 17.3 Å². The molecule has 96 valence electrons. The quantitative estimate of drug-likeness (QED) is 0.671. The Kier molecular flexibility index (Phi) is 4.46. The van der Waals surface area contributed by atoms with E-state index in [1.165, 1.54) is 0 Å². The molecule has 0 spiro atoms. The third kappa shape index (κ3) is 3.38. The summed E-state index contributed by atoms with van der Waals surface area (Å²) in [7, 11) is 0. The third-order valence-corrected chi connectivity index (χ3v) is 3.68. The lowest BCUT2D eigenvalue weighted by molar-refractivity contribution is 0.243. The molecular formula is C14H18ClN3. The molecule has 1 aromatic heterocycles. The molecule has 2 heterocycles. The highest BCUT2D eigenvalue weighted by Gasteiger charge is 2.18. The number of aryl methyl sites for hydroxylation is 1. The second-order valence-corrected chi connectivity index (χ2v) is 5.09. The number of aromatic nitrogens is 1. The van der Waals surface area contributed by atoms with Crippen molar-refractivity contribution < 1.29 is 0 Å². The van der Waals surface area contributed by atoms with Gasteiger partial charge in [-0.25, -0.2) is 4.98 Å². The van der Waals surface area contributed by atoms with Gasteiger partial charge in [0.15, 0.2) is 0 Å². The molecule has 0 aromatic carbocycles. The summed E-state index contributed by atoms with van der Waals surface area (Å²) < 4.78 is 0. The first-order valence-corrected chi connectivity index (χ1v) is 6.61. The Balaban J connectivity index is 1.88. The Morgan fingerprint density at radius 2 is 2.28 bits per heavy atom. The highest BCUT2D eigenvalue weighted by Crippen LogP contribution is 2.19. The van der Waals surface area contributed by atoms with Crippen LogP contribution in [0.15, 0.2) is 12.3 Å². The van der Waals surface area contributed by atoms with E-state index < -0.39 is 0 Å². The number of halogens is 1. The number of terminal acetylenes is 1. The summed E-state index contributed by atoms with van der Waals surface area (Å²) in [5.41, 5.74) is 2.05. The maximum atomic E-state index is 5.91. The fraction of sp³-hybridized carbons (Fsp3) is 0.500. The van der Waals surface area contributed by atoms with E-state index in [4.69, 9.17) is 18.0 Å². The molecule has 18 heavy (non-hydrogen) atoms. The fourth-order valence-electron chi connectivity index (χ4n) is 2.24. The standard InChI is InChI=1S/C14H18ClN3/c1-3-6-18-7-4-12(5-8-18)17-13-9-11(2)14(15)16-10-13/h1,9-10,12,17H,4-8H2,2H3. The van der Waals surface area contributed by atoms with Crippen LogP contribution in [0.4, 0.5) is 5.69 Å². The monoisotopic (exact) mass is 263 g/mol. The summed E-state index contributed by atoms with van der Waals surface area (Å²) in [4.78, 5) is 6.46. The van der Waals surface area contributed by atoms with Crippen LogP contribution >= 0.6 is 11.6 Å². The zero-order valence-electron chi connectivity index (χ0n) is 10.6. The van der Waals surface area contributed by atoms with Gasteiger partial charge in [-0.15, -0.1) is 6.42 Å². The predicted molar refractivity (Wildman–Crippen MR) is 75.9 cm³/mol. The minimum absolute atomic E-state index is 0.501. The summed E-state index contributed by atoms with van der Waals surface area (Å²) in [5.74, 6) is 2.70. The van der Waals surface area contributed by atoms with Crippen molar-refractivity contribution in [2.45, 2.75) is 25.8 Å². The largest absolute Gasteiger partial charge is 0.381 e. The topological polar surface area (TPSA) is 28.2 Å². The lowest BCUT2D eigenvalue weighted by Gasteiger charge is -2.31. The molecule has 3 nitrogen and oxygen atoms in total. The van der Waals surface area contributed by atoms with Crippen LogP contribution in [0.3, 0.4) is 0 Å². The molecule has 0 bridgehead atoms. The first-order valence-electron chi connectivity index (χ1n) is 6.23. The number of likely N-dealkylation sites (tertiary alicyclic amines) is 1. The molecule has 0 aliphatic carbocycles. The number of nitrogens with zero attached hydrogens (tertiary/aromatic N) is 2. The van der Waals surface area contributed by atoms with Gasteiger partial charge in [-0.1, -0.05) is 17.5 Å². The molecule has 4 heteroatoms. The number of hydrogen-bond acceptors (Lipinski definition) is 3. The van der Waals surface area contributed by atoms with E-state index in [1.807, 2.05) is 13.0 Å². The normalized spacial score (nSPS) is 17.4. The Hall–Kier alpha value is -1.24. The highest BCUT2D eigenvalue weighted by atomic mass is 35.5. The molecule has 0 radical (unpaired) electrons. The van der Waals surface area contributed by atoms with E-state index in [0.717, 1.165) is 43.7 Å². The zero-order chi connectivity index (χ0) is 13.0. The van der Waals surface area contributed by atoms with Crippen LogP contribution in [0, 0.1) is 19.3 Å². The van der Waals surface area contributed by atoms with Crippen LogP contribution < -0.4 is 5.32 Å². The average Bonchev–Trinajstić information content (AvgIpc) is 2.37. The first kappa shape index (κ1) is 13.2. The SMILES string of the molecule is C#CCN1CCC(Nc2cnc(Cl)c(C)c2)CC1. The minimum Gasteiger partial charge on any atom is -0.381 e. The van der Waals surface area contributed by atoms with Gasteiger partial charge < -0.3 is 5.32 Å². The molecule has 1 fully saturated rings. The van der Waals surface area contributed by atoms with Crippen LogP contribution in [0.2, 0.25) is 5.15 Å². The maximum absolute atomic E-state index is 5.91. The van der Waals surface area contributed by atoms with Crippen LogP contribution in [-0.4, -0.2) is 35.6 Å². The van der Waals surface area contributed by atoms with Gasteiger partial charge in [0.2, 0.25) is 0 Å². The van der Waals surface area contributed by atoms with Crippen molar-refractivity contribution in [1.82, 2.24) is 9.88 Å². The molecule has 0 atom stereocenters. The van der Waals surface area contributed by atoms with E-state index in [9.17, 15) is 0 Å². The number of hydrogen-bond donors (Lipinski definition) is 1. The maximum Gasteiger partial charge on any atom is 0.132 e. The number of piperidine rings is 1. The lowest BCUT2D eigenvalue weighted by atomic mass is 10.0. The van der Waals surface area contributed by atoms with Crippen LogP contribution in [0.5, 0.6) is 0 Å². The minimum atomic E-state index is 0.501. The van der Waals surface area contributed by atoms with Crippen molar-refractivity contribution in [1.29, 1.82) is 0 Å². The number of rotatable bonds is 3. The molecule has 1 N–H and O–H groups in total. The van der Waals surface area contributed by atoms with E-state index in [1.54, 1.807) is 6.20 Å². The van der Waals surface area contributed by atoms with Crippen LogP contribution in [0.1, 0.15) is 18.4 Å². The van der Waals surface area contributed by atoms with Gasteiger partial charge >= 0.3 is 0 Å². The smallest absolute Gasteiger partial charge is 0.132 e. The second-order valence-electron chi connectivity index (χ2n) is 4.73. The Morgan fingerprint density at radius 3 is 2.89 bits per heavy atom. The van der Waals surface area contributed by atoms with Gasteiger partial charge in [0.05, 0.1) is 18.4 Å². The fourth-order valence-corrected chi connectivity index (χ4v) is 2.34. The van der Waals surface area contributed by atoms with Crippen LogP contribution in [0.25, 0.3) is 0 Å². The predicted octanol–water partition coefficient (Wildman–Crippen LogP) is 2.55. The van der Waals surface area contributed by atoms with Gasteiger partial charge in [-0.05, 0) is 31.4 Å². The molecule has 0 saturated carbocycles. The molecule has 1 aliphatic rings. The van der Waals surface area contributed by atoms with Gasteiger partial charge in [-0.3, -0.25) is 4.90 Å². The molecule has 0 unspecified atom stereocenters. The molecule has 0 amide bonds. The Labute approximate surface area is 114 Å². The number of anilines is 1. The van der Waals surface area contributed by atoms with Crippen molar-refractivity contribution in [3.8, 4) is 12.3 Å². The van der Waals surface area contributed by atoms with E-state index in [-0.39, 0.29) is 0 Å². The van der Waals surface area contributed by atoms with E-state index in [0.29, 0.717) is 11.2 Å².